The van der Waals surface area contributed by atoms with Crippen LogP contribution >= 0.6 is 0 Å². The first-order valence-corrected chi connectivity index (χ1v) is 11.5. The lowest BCUT2D eigenvalue weighted by Crippen LogP contribution is -2.38. The summed E-state index contributed by atoms with van der Waals surface area (Å²) in [6.45, 7) is 4.65. The number of hydrogen-bond acceptors (Lipinski definition) is 4. The fourth-order valence-electron chi connectivity index (χ4n) is 3.37. The maximum atomic E-state index is 13.2. The molecule has 0 aromatic heterocycles. The van der Waals surface area contributed by atoms with Gasteiger partial charge in [0.05, 0.1) is 4.90 Å². The number of rotatable bonds is 8. The second kappa shape index (κ2) is 9.38. The van der Waals surface area contributed by atoms with Gasteiger partial charge in [0.1, 0.15) is 17.7 Å². The molecule has 1 amide bonds. The number of nitrogens with one attached hydrogen (secondary N) is 1. The third kappa shape index (κ3) is 5.05. The Labute approximate surface area is 176 Å². The minimum absolute atomic E-state index is 0.162. The van der Waals surface area contributed by atoms with Crippen molar-refractivity contribution in [2.24, 2.45) is 4.99 Å². The van der Waals surface area contributed by atoms with Crippen LogP contribution in [-0.4, -0.2) is 37.6 Å². The highest BCUT2D eigenvalue weighted by Crippen LogP contribution is 2.23. The third-order valence-corrected chi connectivity index (χ3v) is 6.37. The van der Waals surface area contributed by atoms with Gasteiger partial charge in [0, 0.05) is 18.7 Å². The topological polar surface area (TPSA) is 78.8 Å². The zero-order valence-corrected chi connectivity index (χ0v) is 18.0. The molecule has 0 saturated heterocycles. The molecule has 1 atom stereocenters. The van der Waals surface area contributed by atoms with E-state index in [-0.39, 0.29) is 22.5 Å². The molecule has 0 fully saturated rings. The van der Waals surface area contributed by atoms with E-state index in [9.17, 15) is 17.6 Å². The second-order valence-electron chi connectivity index (χ2n) is 7.35. The van der Waals surface area contributed by atoms with E-state index in [1.807, 2.05) is 0 Å². The monoisotopic (exact) mass is 431 g/mol. The molecule has 1 heterocycles. The van der Waals surface area contributed by atoms with Gasteiger partial charge in [-0.05, 0) is 43.2 Å². The van der Waals surface area contributed by atoms with Crippen LogP contribution in [-0.2, 0) is 21.4 Å². The van der Waals surface area contributed by atoms with Crippen molar-refractivity contribution >= 4 is 21.8 Å². The van der Waals surface area contributed by atoms with Gasteiger partial charge >= 0.3 is 0 Å². The van der Waals surface area contributed by atoms with Gasteiger partial charge in [-0.25, -0.2) is 12.8 Å². The van der Waals surface area contributed by atoms with E-state index in [1.165, 1.54) is 18.2 Å². The summed E-state index contributed by atoms with van der Waals surface area (Å²) in [4.78, 5) is 19.4. The summed E-state index contributed by atoms with van der Waals surface area (Å²) in [6, 6.07) is 11.9. The maximum Gasteiger partial charge on any atom is 0.263 e. The highest BCUT2D eigenvalue weighted by Gasteiger charge is 2.31. The zero-order chi connectivity index (χ0) is 21.7. The molecule has 0 aliphatic carbocycles. The van der Waals surface area contributed by atoms with Crippen molar-refractivity contribution in [1.82, 2.24) is 9.62 Å². The number of nitrogens with zero attached hydrogens (tertiary/aromatic N) is 2. The first-order valence-electron chi connectivity index (χ1n) is 10.0. The van der Waals surface area contributed by atoms with Crippen molar-refractivity contribution in [3.8, 4) is 0 Å². The molecule has 8 heteroatoms. The molecule has 0 bridgehead atoms. The summed E-state index contributed by atoms with van der Waals surface area (Å²) in [5.74, 6) is -0.345. The van der Waals surface area contributed by atoms with Crippen LogP contribution < -0.4 is 4.72 Å². The molecule has 2 aromatic rings. The van der Waals surface area contributed by atoms with Gasteiger partial charge < -0.3 is 4.90 Å². The van der Waals surface area contributed by atoms with Crippen LogP contribution in [0.3, 0.4) is 0 Å². The number of carbonyl (C=O) groups is 1. The highest BCUT2D eigenvalue weighted by molar-refractivity contribution is 7.90. The van der Waals surface area contributed by atoms with Gasteiger partial charge in [-0.1, -0.05) is 44.0 Å². The molecular weight excluding hydrogens is 405 g/mol. The Kier molecular flexibility index (Phi) is 6.87. The van der Waals surface area contributed by atoms with Gasteiger partial charge in [-0.15, -0.1) is 0 Å². The molecule has 2 aromatic carbocycles. The summed E-state index contributed by atoms with van der Waals surface area (Å²) in [5, 5.41) is 0. The molecule has 0 saturated carbocycles. The van der Waals surface area contributed by atoms with Gasteiger partial charge in [0.2, 0.25) is 5.91 Å². The number of hydrogen-bond donors (Lipinski definition) is 1. The Balaban J connectivity index is 1.81. The molecule has 1 aliphatic rings. The molecular formula is C22H26FN3O3S. The third-order valence-electron chi connectivity index (χ3n) is 4.97. The number of aliphatic imine (C=N–C) groups is 1. The van der Waals surface area contributed by atoms with Crippen molar-refractivity contribution in [3.63, 3.8) is 0 Å². The normalized spacial score (nSPS) is 16.7. The average molecular weight is 432 g/mol. The Morgan fingerprint density at radius 3 is 2.53 bits per heavy atom. The van der Waals surface area contributed by atoms with Gasteiger partial charge in [-0.3, -0.25) is 14.5 Å². The van der Waals surface area contributed by atoms with E-state index in [0.717, 1.165) is 24.8 Å². The lowest BCUT2D eigenvalue weighted by molar-refractivity contribution is -0.132. The predicted octanol–water partition coefficient (Wildman–Crippen LogP) is 3.47. The number of amidine groups is 1. The van der Waals surface area contributed by atoms with Gasteiger partial charge in [0.25, 0.3) is 10.0 Å². The van der Waals surface area contributed by atoms with E-state index in [4.69, 9.17) is 0 Å². The Bertz CT molecular complexity index is 1040. The standard InChI is InChI=1S/C22H26FN3O3S/c1-3-4-7-14-26(15-17-10-12-18(23)13-11-17)22(27)16(2)24-21-19-8-5-6-9-20(19)30(28,29)25-21/h5-6,8-13,16H,3-4,7,14-15H2,1-2H3,(H,24,25)/t16-/m0/s1. The molecule has 0 radical (unpaired) electrons. The summed E-state index contributed by atoms with van der Waals surface area (Å²) < 4.78 is 40.2. The van der Waals surface area contributed by atoms with E-state index in [0.29, 0.717) is 18.7 Å². The summed E-state index contributed by atoms with van der Waals surface area (Å²) in [7, 11) is -3.66. The summed E-state index contributed by atoms with van der Waals surface area (Å²) in [5.41, 5.74) is 1.29. The maximum absolute atomic E-state index is 13.2. The fraction of sp³-hybridized carbons (Fsp3) is 0.364. The van der Waals surface area contributed by atoms with Crippen LogP contribution in [0.4, 0.5) is 4.39 Å². The molecule has 1 N–H and O–H groups in total. The van der Waals surface area contributed by atoms with Crippen molar-refractivity contribution in [1.29, 1.82) is 0 Å². The second-order valence-corrected chi connectivity index (χ2v) is 9.00. The van der Waals surface area contributed by atoms with E-state index in [2.05, 4.69) is 16.6 Å². The van der Waals surface area contributed by atoms with Crippen molar-refractivity contribution in [3.05, 3.63) is 65.5 Å². The Morgan fingerprint density at radius 2 is 1.83 bits per heavy atom. The van der Waals surface area contributed by atoms with Crippen LogP contribution in [0.1, 0.15) is 44.2 Å². The lowest BCUT2D eigenvalue weighted by Gasteiger charge is -2.25. The Morgan fingerprint density at radius 1 is 1.13 bits per heavy atom. The number of unbranched alkanes of at least 4 members (excludes halogenated alkanes) is 2. The lowest BCUT2D eigenvalue weighted by atomic mass is 10.1. The fourth-order valence-corrected chi connectivity index (χ4v) is 4.61. The number of carbonyl (C=O) groups excluding carboxylic acids is 1. The molecule has 6 nitrogen and oxygen atoms in total. The van der Waals surface area contributed by atoms with Crippen molar-refractivity contribution in [2.75, 3.05) is 6.54 Å². The SMILES string of the molecule is CCCCCN(Cc1ccc(F)cc1)C(=O)[C@H](C)N=C1NS(=O)(=O)c2ccccc21. The number of halogens is 1. The van der Waals surface area contributed by atoms with Crippen molar-refractivity contribution in [2.45, 2.75) is 50.6 Å². The minimum Gasteiger partial charge on any atom is -0.337 e. The average Bonchev–Trinajstić information content (AvgIpc) is 2.98. The van der Waals surface area contributed by atoms with Crippen LogP contribution in [0.15, 0.2) is 58.4 Å². The van der Waals surface area contributed by atoms with E-state index >= 15 is 0 Å². The Hall–Kier alpha value is -2.74. The number of sulfonamides is 1. The van der Waals surface area contributed by atoms with Crippen LogP contribution in [0, 0.1) is 5.82 Å². The number of amides is 1. The quantitative estimate of drug-likeness (QED) is 0.650. The van der Waals surface area contributed by atoms with E-state index < -0.39 is 16.1 Å². The van der Waals surface area contributed by atoms with Gasteiger partial charge in [0.15, 0.2) is 0 Å². The zero-order valence-electron chi connectivity index (χ0n) is 17.1. The summed E-state index contributed by atoms with van der Waals surface area (Å²) >= 11 is 0. The van der Waals surface area contributed by atoms with E-state index in [1.54, 1.807) is 42.2 Å². The minimum atomic E-state index is -3.66. The largest absolute Gasteiger partial charge is 0.337 e. The molecule has 0 unspecified atom stereocenters. The first-order chi connectivity index (χ1) is 14.3. The predicted molar refractivity (Wildman–Crippen MR) is 114 cm³/mol. The van der Waals surface area contributed by atoms with Crippen molar-refractivity contribution < 1.29 is 17.6 Å². The van der Waals surface area contributed by atoms with Crippen LogP contribution in [0.5, 0.6) is 0 Å². The highest BCUT2D eigenvalue weighted by atomic mass is 32.2. The molecule has 160 valence electrons. The number of fused-ring (bicyclic) bond motifs is 1. The van der Waals surface area contributed by atoms with Gasteiger partial charge in [-0.2, -0.15) is 0 Å². The molecule has 0 spiro atoms. The molecule has 1 aliphatic heterocycles. The summed E-state index contributed by atoms with van der Waals surface area (Å²) in [6.07, 6.45) is 2.86. The number of benzene rings is 2. The van der Waals surface area contributed by atoms with Crippen LogP contribution in [0.2, 0.25) is 0 Å². The van der Waals surface area contributed by atoms with Crippen LogP contribution in [0.25, 0.3) is 0 Å². The smallest absolute Gasteiger partial charge is 0.263 e. The molecule has 3 rings (SSSR count). The first kappa shape index (κ1) is 22.0. The molecule has 30 heavy (non-hydrogen) atoms.